The van der Waals surface area contributed by atoms with Crippen LogP contribution in [0.25, 0.3) is 5.65 Å². The van der Waals surface area contributed by atoms with Crippen LogP contribution in [-0.4, -0.2) is 81.1 Å². The molecular formula is C23H24ClFN10O. The smallest absolute Gasteiger partial charge is 0.232 e. The van der Waals surface area contributed by atoms with Crippen LogP contribution >= 0.6 is 11.6 Å². The number of aliphatic hydroxyl groups is 1. The first-order valence-corrected chi connectivity index (χ1v) is 12.0. The Hall–Kier alpha value is -3.71. The number of fused-ring (bicyclic) bond motifs is 1. The molecule has 1 saturated carbocycles. The molecule has 2 fully saturated rings. The van der Waals surface area contributed by atoms with Gasteiger partial charge in [0.05, 0.1) is 40.3 Å². The molecule has 2 aliphatic rings. The summed E-state index contributed by atoms with van der Waals surface area (Å²) >= 11 is 6.80. The number of alkyl halides is 1. The number of aromatic nitrogens is 4. The number of nitrogens with zero attached hydrogens (tertiary/aromatic N) is 8. The Morgan fingerprint density at radius 3 is 2.61 bits per heavy atom. The molecule has 3 aromatic rings. The maximum atomic E-state index is 12.7. The number of hydrogen-bond donors (Lipinski definition) is 3. The molecule has 2 aromatic heterocycles. The van der Waals surface area contributed by atoms with Crippen molar-refractivity contribution in [3.05, 3.63) is 34.5 Å². The molecule has 1 saturated heterocycles. The third-order valence-electron chi connectivity index (χ3n) is 6.19. The Bertz CT molecular complexity index is 1350. The molecule has 0 radical (unpaired) electrons. The van der Waals surface area contributed by atoms with E-state index in [1.54, 1.807) is 12.1 Å². The van der Waals surface area contributed by atoms with E-state index in [1.165, 1.54) is 10.7 Å². The normalized spacial score (nSPS) is 17.0. The molecule has 0 amide bonds. The van der Waals surface area contributed by atoms with E-state index in [4.69, 9.17) is 11.6 Å². The fraction of sp³-hybridized carbons (Fsp3) is 0.435. The van der Waals surface area contributed by atoms with E-state index in [-0.39, 0.29) is 12.5 Å². The molecule has 13 heteroatoms. The molecule has 0 spiro atoms. The summed E-state index contributed by atoms with van der Waals surface area (Å²) in [5.74, 6) is 0.682. The van der Waals surface area contributed by atoms with Crippen LogP contribution < -0.4 is 15.5 Å². The second-order valence-corrected chi connectivity index (χ2v) is 9.26. The number of halogens is 2. The monoisotopic (exact) mass is 510 g/mol. The number of β-amino-alcohol motifs (C(OH)–C–C–N with tert-alkyl or cyclic N) is 1. The fourth-order valence-electron chi connectivity index (χ4n) is 4.15. The summed E-state index contributed by atoms with van der Waals surface area (Å²) in [5.41, 5.74) is 2.22. The molecule has 0 bridgehead atoms. The molecule has 1 atom stereocenters. The van der Waals surface area contributed by atoms with Gasteiger partial charge in [0.25, 0.3) is 0 Å². The van der Waals surface area contributed by atoms with Crippen LogP contribution in [0.15, 0.2) is 18.3 Å². The first-order valence-electron chi connectivity index (χ1n) is 11.6. The van der Waals surface area contributed by atoms with Gasteiger partial charge in [-0.15, -0.1) is 0 Å². The van der Waals surface area contributed by atoms with E-state index in [9.17, 15) is 20.0 Å². The van der Waals surface area contributed by atoms with Crippen LogP contribution in [0.3, 0.4) is 0 Å². The zero-order chi connectivity index (χ0) is 25.2. The average Bonchev–Trinajstić information content (AvgIpc) is 3.61. The van der Waals surface area contributed by atoms with Gasteiger partial charge in [0, 0.05) is 38.8 Å². The van der Waals surface area contributed by atoms with Gasteiger partial charge < -0.3 is 20.6 Å². The predicted molar refractivity (Wildman–Crippen MR) is 132 cm³/mol. The lowest BCUT2D eigenvalue weighted by molar-refractivity contribution is 0.0871. The molecule has 5 rings (SSSR count). The van der Waals surface area contributed by atoms with Gasteiger partial charge in [0.15, 0.2) is 5.65 Å². The summed E-state index contributed by atoms with van der Waals surface area (Å²) in [6, 6.07) is 7.92. The molecule has 36 heavy (non-hydrogen) atoms. The Morgan fingerprint density at radius 2 is 1.94 bits per heavy atom. The summed E-state index contributed by atoms with van der Waals surface area (Å²) in [6.45, 7) is 1.96. The number of aliphatic hydroxyl groups excluding tert-OH is 1. The van der Waals surface area contributed by atoms with Gasteiger partial charge in [-0.25, -0.2) is 4.39 Å². The van der Waals surface area contributed by atoms with Gasteiger partial charge in [0.1, 0.15) is 18.3 Å². The molecule has 0 unspecified atom stereocenters. The highest BCUT2D eigenvalue weighted by Crippen LogP contribution is 2.36. The predicted octanol–water partition coefficient (Wildman–Crippen LogP) is 2.29. The highest BCUT2D eigenvalue weighted by Gasteiger charge is 2.25. The summed E-state index contributed by atoms with van der Waals surface area (Å²) < 4.78 is 14.2. The van der Waals surface area contributed by atoms with Crippen molar-refractivity contribution < 1.29 is 9.50 Å². The van der Waals surface area contributed by atoms with Gasteiger partial charge in [-0.1, -0.05) is 11.6 Å². The van der Waals surface area contributed by atoms with Crippen molar-refractivity contribution in [3.63, 3.8) is 0 Å². The second kappa shape index (κ2) is 10.1. The average molecular weight is 511 g/mol. The Kier molecular flexibility index (Phi) is 6.74. The van der Waals surface area contributed by atoms with E-state index in [1.807, 2.05) is 4.90 Å². The first kappa shape index (κ1) is 24.0. The van der Waals surface area contributed by atoms with Crippen molar-refractivity contribution in [2.75, 3.05) is 54.9 Å². The van der Waals surface area contributed by atoms with E-state index in [2.05, 4.69) is 42.7 Å². The number of piperazine rings is 1. The van der Waals surface area contributed by atoms with E-state index < -0.39 is 12.8 Å². The van der Waals surface area contributed by atoms with Crippen LogP contribution in [-0.2, 0) is 0 Å². The van der Waals surface area contributed by atoms with E-state index in [0.717, 1.165) is 12.8 Å². The maximum Gasteiger partial charge on any atom is 0.232 e. The first-order chi connectivity index (χ1) is 17.5. The number of nitriles is 2. The van der Waals surface area contributed by atoms with Crippen LogP contribution in [0, 0.1) is 22.7 Å². The molecule has 1 aromatic carbocycles. The van der Waals surface area contributed by atoms with Gasteiger partial charge >= 0.3 is 0 Å². The third kappa shape index (κ3) is 4.97. The van der Waals surface area contributed by atoms with Gasteiger partial charge in [-0.2, -0.15) is 30.1 Å². The molecule has 1 aliphatic carbocycles. The summed E-state index contributed by atoms with van der Waals surface area (Å²) in [5, 5.41) is 39.8. The van der Waals surface area contributed by atoms with Gasteiger partial charge in [-0.3, -0.25) is 4.90 Å². The molecule has 3 heterocycles. The Morgan fingerprint density at radius 1 is 1.17 bits per heavy atom. The SMILES string of the molecule is N#Cc1cc(Nc2nc(NC3CC3)n3ncc(C#N)c3n2)c(Cl)c(N2CCN(C[C@@H](O)CF)CC2)c1. The number of benzene rings is 1. The summed E-state index contributed by atoms with van der Waals surface area (Å²) in [7, 11) is 0. The van der Waals surface area contributed by atoms with Crippen molar-refractivity contribution in [3.8, 4) is 12.1 Å². The topological polar surface area (TPSA) is 141 Å². The number of hydrogen-bond acceptors (Lipinski definition) is 10. The lowest BCUT2D eigenvalue weighted by atomic mass is 10.1. The van der Waals surface area contributed by atoms with Crippen molar-refractivity contribution >= 4 is 40.5 Å². The zero-order valence-electron chi connectivity index (χ0n) is 19.3. The standard InChI is InChI=1S/C23H24ClFN10O/c24-20-18(7-14(10-26)8-19(20)34-5-3-33(4-6-34)13-17(36)9-25)30-22-31-21-15(11-27)12-28-35(21)23(32-22)29-16-1-2-16/h7-8,12,16-17,36H,1-6,9,13H2,(H2,29,30,31,32)/t17-/m0/s1. The van der Waals surface area contributed by atoms with Gasteiger partial charge in [0.2, 0.25) is 11.9 Å². The molecule has 3 N–H and O–H groups in total. The number of rotatable bonds is 8. The Labute approximate surface area is 211 Å². The van der Waals surface area contributed by atoms with Gasteiger partial charge in [-0.05, 0) is 25.0 Å². The minimum Gasteiger partial charge on any atom is -0.389 e. The molecule has 11 nitrogen and oxygen atoms in total. The Balaban J connectivity index is 1.43. The number of anilines is 4. The molecular weight excluding hydrogens is 487 g/mol. The number of nitrogens with one attached hydrogen (secondary N) is 2. The van der Waals surface area contributed by atoms with Crippen LogP contribution in [0.4, 0.5) is 27.7 Å². The van der Waals surface area contributed by atoms with Crippen molar-refractivity contribution in [1.82, 2.24) is 24.5 Å². The second-order valence-electron chi connectivity index (χ2n) is 8.88. The van der Waals surface area contributed by atoms with E-state index in [0.29, 0.717) is 71.3 Å². The largest absolute Gasteiger partial charge is 0.389 e. The molecule has 186 valence electrons. The summed E-state index contributed by atoms with van der Waals surface area (Å²) in [4.78, 5) is 13.1. The minimum absolute atomic E-state index is 0.218. The van der Waals surface area contributed by atoms with Crippen molar-refractivity contribution in [1.29, 1.82) is 10.5 Å². The fourth-order valence-corrected chi connectivity index (χ4v) is 4.43. The molecule has 1 aliphatic heterocycles. The summed E-state index contributed by atoms with van der Waals surface area (Å²) in [6.07, 6.45) is 2.51. The van der Waals surface area contributed by atoms with Crippen molar-refractivity contribution in [2.24, 2.45) is 0 Å². The van der Waals surface area contributed by atoms with Crippen LogP contribution in [0.5, 0.6) is 0 Å². The van der Waals surface area contributed by atoms with E-state index >= 15 is 0 Å². The maximum absolute atomic E-state index is 12.7. The third-order valence-corrected chi connectivity index (χ3v) is 6.59. The van der Waals surface area contributed by atoms with Crippen LogP contribution in [0.1, 0.15) is 24.0 Å². The van der Waals surface area contributed by atoms with Crippen LogP contribution in [0.2, 0.25) is 5.02 Å². The lowest BCUT2D eigenvalue weighted by Gasteiger charge is -2.37. The quantitative estimate of drug-likeness (QED) is 0.413. The minimum atomic E-state index is -0.994. The lowest BCUT2D eigenvalue weighted by Crippen LogP contribution is -2.49. The van der Waals surface area contributed by atoms with Crippen molar-refractivity contribution in [2.45, 2.75) is 25.0 Å². The zero-order valence-corrected chi connectivity index (χ0v) is 20.1. The highest BCUT2D eigenvalue weighted by molar-refractivity contribution is 6.36. The highest BCUT2D eigenvalue weighted by atomic mass is 35.5.